The molecule has 19 heavy (non-hydrogen) atoms. The van der Waals surface area contributed by atoms with E-state index in [0.717, 1.165) is 10.5 Å². The van der Waals surface area contributed by atoms with Crippen LogP contribution in [0.4, 0.5) is 0 Å². The average Bonchev–Trinajstić information content (AvgIpc) is 3.18. The predicted octanol–water partition coefficient (Wildman–Crippen LogP) is 4.10. The maximum absolute atomic E-state index is 6.30. The van der Waals surface area contributed by atoms with Crippen LogP contribution < -0.4 is 5.73 Å². The lowest BCUT2D eigenvalue weighted by Crippen LogP contribution is -2.41. The number of hydrogen-bond donors (Lipinski definition) is 1. The second kappa shape index (κ2) is 6.87. The molecule has 2 N–H and O–H groups in total. The first-order valence-electron chi connectivity index (χ1n) is 7.40. The Labute approximate surface area is 125 Å². The smallest absolute Gasteiger partial charge is 0.0499 e. The summed E-state index contributed by atoms with van der Waals surface area (Å²) in [4.78, 5) is 2.63. The van der Waals surface area contributed by atoms with E-state index in [1.165, 1.54) is 37.8 Å². The zero-order valence-electron chi connectivity index (χ0n) is 12.0. The van der Waals surface area contributed by atoms with Crippen molar-refractivity contribution in [3.63, 3.8) is 0 Å². The predicted molar refractivity (Wildman–Crippen MR) is 85.2 cm³/mol. The van der Waals surface area contributed by atoms with E-state index in [2.05, 4.69) is 58.9 Å². The van der Waals surface area contributed by atoms with Crippen LogP contribution in [-0.4, -0.2) is 23.5 Å². The van der Waals surface area contributed by atoms with Crippen molar-refractivity contribution >= 4 is 15.9 Å². The molecule has 2 rings (SSSR count). The highest BCUT2D eigenvalue weighted by Gasteiger charge is 2.35. The van der Waals surface area contributed by atoms with Crippen molar-refractivity contribution in [1.82, 2.24) is 4.90 Å². The summed E-state index contributed by atoms with van der Waals surface area (Å²) >= 11 is 3.57. The Bertz CT molecular complexity index is 401. The Hall–Kier alpha value is -0.380. The largest absolute Gasteiger partial charge is 0.326 e. The fourth-order valence-corrected chi connectivity index (χ4v) is 3.20. The van der Waals surface area contributed by atoms with Gasteiger partial charge in [-0.2, -0.15) is 0 Å². The Morgan fingerprint density at radius 3 is 2.68 bits per heavy atom. The zero-order valence-corrected chi connectivity index (χ0v) is 13.6. The fraction of sp³-hybridized carbons (Fsp3) is 0.625. The number of hydrogen-bond acceptors (Lipinski definition) is 2. The quantitative estimate of drug-likeness (QED) is 0.818. The molecule has 2 atom stereocenters. The third-order valence-electron chi connectivity index (χ3n) is 3.83. The molecular formula is C16H25BrN2. The molecule has 1 aliphatic carbocycles. The molecule has 0 bridgehead atoms. The van der Waals surface area contributed by atoms with E-state index in [1.807, 2.05) is 0 Å². The summed E-state index contributed by atoms with van der Waals surface area (Å²) in [5.41, 5.74) is 7.64. The first-order valence-corrected chi connectivity index (χ1v) is 8.19. The van der Waals surface area contributed by atoms with Gasteiger partial charge in [0.25, 0.3) is 0 Å². The fourth-order valence-electron chi connectivity index (χ4n) is 2.78. The average molecular weight is 325 g/mol. The van der Waals surface area contributed by atoms with Gasteiger partial charge in [0.1, 0.15) is 0 Å². The lowest BCUT2D eigenvalue weighted by atomic mass is 9.98. The van der Waals surface area contributed by atoms with Crippen molar-refractivity contribution in [3.8, 4) is 0 Å². The maximum Gasteiger partial charge on any atom is 0.0499 e. The summed E-state index contributed by atoms with van der Waals surface area (Å²) in [6.45, 7) is 5.55. The van der Waals surface area contributed by atoms with Gasteiger partial charge in [0.05, 0.1) is 0 Å². The van der Waals surface area contributed by atoms with E-state index in [0.29, 0.717) is 6.04 Å². The molecule has 0 saturated heterocycles. The normalized spacial score (nSPS) is 18.6. The van der Waals surface area contributed by atoms with Crippen LogP contribution in [0.3, 0.4) is 0 Å². The Balaban J connectivity index is 2.21. The molecule has 1 fully saturated rings. The molecule has 1 saturated carbocycles. The number of nitrogens with zero attached hydrogens (tertiary/aromatic N) is 1. The van der Waals surface area contributed by atoms with E-state index in [9.17, 15) is 0 Å². The molecule has 0 radical (unpaired) electrons. The Morgan fingerprint density at radius 1 is 1.42 bits per heavy atom. The van der Waals surface area contributed by atoms with Gasteiger partial charge in [0.15, 0.2) is 0 Å². The topological polar surface area (TPSA) is 29.3 Å². The molecule has 0 amide bonds. The first kappa shape index (κ1) is 15.0. The highest BCUT2D eigenvalue weighted by molar-refractivity contribution is 9.10. The van der Waals surface area contributed by atoms with Crippen LogP contribution in [0.25, 0.3) is 0 Å². The Kier molecular flexibility index (Phi) is 5.43. The van der Waals surface area contributed by atoms with Gasteiger partial charge in [-0.25, -0.2) is 0 Å². The summed E-state index contributed by atoms with van der Waals surface area (Å²) in [7, 11) is 0. The number of rotatable bonds is 7. The molecule has 1 aromatic rings. The van der Waals surface area contributed by atoms with Crippen LogP contribution >= 0.6 is 15.9 Å². The van der Waals surface area contributed by atoms with E-state index < -0.39 is 0 Å². The van der Waals surface area contributed by atoms with Gasteiger partial charge < -0.3 is 5.73 Å². The van der Waals surface area contributed by atoms with Crippen LogP contribution in [-0.2, 0) is 0 Å². The summed E-state index contributed by atoms with van der Waals surface area (Å²) < 4.78 is 1.14. The summed E-state index contributed by atoms with van der Waals surface area (Å²) in [5.74, 6) is 0. The second-order valence-corrected chi connectivity index (χ2v) is 6.60. The maximum atomic E-state index is 6.30. The molecule has 1 aliphatic rings. The zero-order chi connectivity index (χ0) is 13.8. The van der Waals surface area contributed by atoms with E-state index >= 15 is 0 Å². The molecule has 106 valence electrons. The molecule has 3 heteroatoms. The third kappa shape index (κ3) is 4.04. The number of unbranched alkanes of at least 4 members (excludes halogenated alkanes) is 1. The second-order valence-electron chi connectivity index (χ2n) is 5.68. The van der Waals surface area contributed by atoms with Gasteiger partial charge in [0.2, 0.25) is 0 Å². The minimum absolute atomic E-state index is 0.159. The van der Waals surface area contributed by atoms with Crippen molar-refractivity contribution in [3.05, 3.63) is 34.3 Å². The molecule has 0 aliphatic heterocycles. The van der Waals surface area contributed by atoms with Crippen LogP contribution in [0.1, 0.15) is 51.1 Å². The number of nitrogens with two attached hydrogens (primary N) is 1. The highest BCUT2D eigenvalue weighted by atomic mass is 79.9. The monoisotopic (exact) mass is 324 g/mol. The van der Waals surface area contributed by atoms with Crippen molar-refractivity contribution < 1.29 is 0 Å². The summed E-state index contributed by atoms with van der Waals surface area (Å²) in [6, 6.07) is 9.87. The molecule has 2 unspecified atom stereocenters. The van der Waals surface area contributed by atoms with E-state index in [4.69, 9.17) is 5.73 Å². The molecule has 0 aromatic heterocycles. The van der Waals surface area contributed by atoms with Gasteiger partial charge in [-0.15, -0.1) is 0 Å². The van der Waals surface area contributed by atoms with Crippen molar-refractivity contribution in [2.75, 3.05) is 6.54 Å². The molecular weight excluding hydrogens is 300 g/mol. The van der Waals surface area contributed by atoms with Crippen molar-refractivity contribution in [2.45, 2.75) is 57.7 Å². The van der Waals surface area contributed by atoms with Crippen LogP contribution in [0.5, 0.6) is 0 Å². The molecule has 0 spiro atoms. The minimum atomic E-state index is 0.159. The van der Waals surface area contributed by atoms with Gasteiger partial charge >= 0.3 is 0 Å². The number of halogens is 1. The molecule has 2 nitrogen and oxygen atoms in total. The van der Waals surface area contributed by atoms with Gasteiger partial charge in [-0.1, -0.05) is 41.4 Å². The van der Waals surface area contributed by atoms with Gasteiger partial charge in [0, 0.05) is 22.6 Å². The summed E-state index contributed by atoms with van der Waals surface area (Å²) in [6.07, 6.45) is 5.17. The van der Waals surface area contributed by atoms with E-state index in [-0.39, 0.29) is 6.04 Å². The Morgan fingerprint density at radius 2 is 2.16 bits per heavy atom. The molecule has 0 heterocycles. The van der Waals surface area contributed by atoms with Crippen LogP contribution in [0.2, 0.25) is 0 Å². The minimum Gasteiger partial charge on any atom is -0.326 e. The van der Waals surface area contributed by atoms with Crippen molar-refractivity contribution in [1.29, 1.82) is 0 Å². The standard InChI is InChI=1S/C16H25BrN2/c1-3-4-10-19(15-8-9-15)16(12(2)18)13-6-5-7-14(17)11-13/h5-7,11-12,15-16H,3-4,8-10,18H2,1-2H3. The highest BCUT2D eigenvalue weighted by Crippen LogP contribution is 2.36. The lowest BCUT2D eigenvalue weighted by Gasteiger charge is -2.35. The summed E-state index contributed by atoms with van der Waals surface area (Å²) in [5, 5.41) is 0. The van der Waals surface area contributed by atoms with Gasteiger partial charge in [-0.05, 0) is 50.4 Å². The van der Waals surface area contributed by atoms with Crippen molar-refractivity contribution in [2.24, 2.45) is 5.73 Å². The SMILES string of the molecule is CCCCN(C1CC1)C(c1cccc(Br)c1)C(C)N. The van der Waals surface area contributed by atoms with Crippen LogP contribution in [0, 0.1) is 0 Å². The lowest BCUT2D eigenvalue weighted by molar-refractivity contribution is 0.164. The number of benzene rings is 1. The molecule has 1 aromatic carbocycles. The third-order valence-corrected chi connectivity index (χ3v) is 4.32. The first-order chi connectivity index (χ1) is 9.13. The van der Waals surface area contributed by atoms with Gasteiger partial charge in [-0.3, -0.25) is 4.90 Å². The van der Waals surface area contributed by atoms with Crippen LogP contribution in [0.15, 0.2) is 28.7 Å². The van der Waals surface area contributed by atoms with E-state index in [1.54, 1.807) is 0 Å².